The van der Waals surface area contributed by atoms with Crippen LogP contribution in [0.3, 0.4) is 0 Å². The first-order valence-electron chi connectivity index (χ1n) is 6.78. The van der Waals surface area contributed by atoms with Crippen molar-refractivity contribution in [2.45, 2.75) is 65.1 Å². The molecule has 0 spiro atoms. The molecule has 1 fully saturated rings. The van der Waals surface area contributed by atoms with Gasteiger partial charge in [0.25, 0.3) is 0 Å². The van der Waals surface area contributed by atoms with Crippen LogP contribution in [0.5, 0.6) is 0 Å². The summed E-state index contributed by atoms with van der Waals surface area (Å²) in [4.78, 5) is 11.3. The second-order valence-corrected chi connectivity index (χ2v) is 6.45. The van der Waals surface area contributed by atoms with E-state index < -0.39 is 0 Å². The van der Waals surface area contributed by atoms with Gasteiger partial charge in [0.2, 0.25) is 0 Å². The summed E-state index contributed by atoms with van der Waals surface area (Å²) in [5, 5.41) is 0. The van der Waals surface area contributed by atoms with Crippen LogP contribution in [0.2, 0.25) is 0 Å². The molecule has 0 amide bonds. The Morgan fingerprint density at radius 3 is 2.22 bits per heavy atom. The molecule has 1 atom stereocenters. The molecular weight excluding hydrogens is 227 g/mol. The molecule has 3 nitrogen and oxygen atoms in total. The highest BCUT2D eigenvalue weighted by Crippen LogP contribution is 2.40. The molecule has 1 saturated heterocycles. The Morgan fingerprint density at radius 2 is 1.83 bits per heavy atom. The molecule has 18 heavy (non-hydrogen) atoms. The number of allylic oxidation sites excluding steroid dienone is 2. The van der Waals surface area contributed by atoms with Crippen LogP contribution in [0.25, 0.3) is 0 Å². The number of hydrogen-bond donors (Lipinski definition) is 0. The van der Waals surface area contributed by atoms with E-state index in [0.717, 1.165) is 19.3 Å². The van der Waals surface area contributed by atoms with Crippen LogP contribution in [0, 0.1) is 5.92 Å². The van der Waals surface area contributed by atoms with Crippen molar-refractivity contribution in [3.63, 3.8) is 0 Å². The zero-order valence-corrected chi connectivity index (χ0v) is 12.1. The fourth-order valence-corrected chi connectivity index (χ4v) is 2.43. The summed E-state index contributed by atoms with van der Waals surface area (Å²) in [6, 6.07) is 0. The van der Waals surface area contributed by atoms with Crippen LogP contribution in [-0.2, 0) is 14.1 Å². The molecule has 0 aromatic carbocycles. The molecular formula is C14H23BO3. The lowest BCUT2D eigenvalue weighted by Crippen LogP contribution is -2.41. The zero-order valence-electron chi connectivity index (χ0n) is 12.1. The van der Waals surface area contributed by atoms with Crippen molar-refractivity contribution < 1.29 is 14.1 Å². The second-order valence-electron chi connectivity index (χ2n) is 6.45. The molecule has 1 aliphatic heterocycles. The molecule has 1 heterocycles. The highest BCUT2D eigenvalue weighted by Gasteiger charge is 2.52. The maximum Gasteiger partial charge on any atom is 0.490 e. The summed E-state index contributed by atoms with van der Waals surface area (Å²) in [6.07, 6.45) is 4.79. The molecule has 100 valence electrons. The normalized spacial score (nSPS) is 30.2. The van der Waals surface area contributed by atoms with E-state index in [1.807, 2.05) is 0 Å². The van der Waals surface area contributed by atoms with Gasteiger partial charge in [-0.1, -0.05) is 6.08 Å². The monoisotopic (exact) mass is 250 g/mol. The van der Waals surface area contributed by atoms with Gasteiger partial charge < -0.3 is 9.31 Å². The first-order valence-corrected chi connectivity index (χ1v) is 6.78. The molecule has 0 aromatic heterocycles. The minimum absolute atomic E-state index is 0.191. The van der Waals surface area contributed by atoms with E-state index in [4.69, 9.17) is 9.31 Å². The van der Waals surface area contributed by atoms with Gasteiger partial charge in [0.15, 0.2) is 0 Å². The molecule has 0 N–H and O–H groups in total. The highest BCUT2D eigenvalue weighted by atomic mass is 16.7. The van der Waals surface area contributed by atoms with Crippen LogP contribution in [0.4, 0.5) is 0 Å². The average molecular weight is 250 g/mol. The lowest BCUT2D eigenvalue weighted by molar-refractivity contribution is -0.120. The second kappa shape index (κ2) is 4.50. The Bertz CT molecular complexity index is 369. The van der Waals surface area contributed by atoms with Crippen molar-refractivity contribution >= 4 is 12.9 Å². The fourth-order valence-electron chi connectivity index (χ4n) is 2.43. The average Bonchev–Trinajstić information content (AvgIpc) is 2.48. The number of hydrogen-bond acceptors (Lipinski definition) is 3. The van der Waals surface area contributed by atoms with E-state index >= 15 is 0 Å². The van der Waals surface area contributed by atoms with Gasteiger partial charge in [-0.3, -0.25) is 4.79 Å². The lowest BCUT2D eigenvalue weighted by atomic mass is 9.70. The first kappa shape index (κ1) is 13.8. The predicted molar refractivity (Wildman–Crippen MR) is 72.2 cm³/mol. The Hall–Kier alpha value is -0.605. The number of rotatable bonds is 2. The quantitative estimate of drug-likeness (QED) is 0.707. The maximum absolute atomic E-state index is 11.3. The molecule has 0 bridgehead atoms. The zero-order chi connectivity index (χ0) is 13.6. The minimum Gasteiger partial charge on any atom is -0.400 e. The number of ketones is 1. The van der Waals surface area contributed by atoms with E-state index in [1.54, 1.807) is 6.92 Å². The molecule has 4 heteroatoms. The predicted octanol–water partition coefficient (Wildman–Crippen LogP) is 2.93. The molecule has 1 aliphatic carbocycles. The maximum atomic E-state index is 11.3. The first-order chi connectivity index (χ1) is 8.23. The largest absolute Gasteiger partial charge is 0.490 e. The van der Waals surface area contributed by atoms with Gasteiger partial charge >= 0.3 is 7.12 Å². The Balaban J connectivity index is 2.06. The summed E-state index contributed by atoms with van der Waals surface area (Å²) in [5.74, 6) is 0.482. The van der Waals surface area contributed by atoms with Crippen molar-refractivity contribution in [2.75, 3.05) is 0 Å². The van der Waals surface area contributed by atoms with Gasteiger partial charge in [0.05, 0.1) is 11.2 Å². The number of carbonyl (C=O) groups is 1. The number of Topliss-reactive ketones (excluding diaryl/α,β-unsaturated/α-hetero) is 1. The third-order valence-electron chi connectivity index (χ3n) is 4.58. The van der Waals surface area contributed by atoms with Crippen LogP contribution in [0.1, 0.15) is 53.9 Å². The van der Waals surface area contributed by atoms with Gasteiger partial charge in [-0.2, -0.15) is 0 Å². The summed E-state index contributed by atoms with van der Waals surface area (Å²) in [7, 11) is -0.233. The molecule has 0 aromatic rings. The Kier molecular flexibility index (Phi) is 3.45. The summed E-state index contributed by atoms with van der Waals surface area (Å²) in [6.45, 7) is 9.94. The summed E-state index contributed by atoms with van der Waals surface area (Å²) < 4.78 is 12.0. The van der Waals surface area contributed by atoms with Crippen molar-refractivity contribution in [2.24, 2.45) is 5.92 Å². The van der Waals surface area contributed by atoms with Crippen molar-refractivity contribution in [3.8, 4) is 0 Å². The smallest absolute Gasteiger partial charge is 0.400 e. The lowest BCUT2D eigenvalue weighted by Gasteiger charge is -2.32. The van der Waals surface area contributed by atoms with E-state index in [0.29, 0.717) is 5.78 Å². The van der Waals surface area contributed by atoms with E-state index in [9.17, 15) is 4.79 Å². The minimum atomic E-state index is -0.282. The third-order valence-corrected chi connectivity index (χ3v) is 4.58. The van der Waals surface area contributed by atoms with Gasteiger partial charge in [-0.05, 0) is 59.4 Å². The standard InChI is InChI=1S/C14H23BO3/c1-10(16)11-6-8-12(9-7-11)15-17-13(2,3)14(4,5)18-15/h8,11H,6-7,9H2,1-5H3. The van der Waals surface area contributed by atoms with Crippen LogP contribution in [-0.4, -0.2) is 24.1 Å². The van der Waals surface area contributed by atoms with Gasteiger partial charge in [0.1, 0.15) is 5.78 Å². The SMILES string of the molecule is CC(=O)C1CC=C(B2OC(C)(C)C(C)(C)O2)CC1. The van der Waals surface area contributed by atoms with E-state index in [-0.39, 0.29) is 24.2 Å². The Labute approximate surface area is 110 Å². The molecule has 0 radical (unpaired) electrons. The van der Waals surface area contributed by atoms with Crippen LogP contribution in [0.15, 0.2) is 11.5 Å². The fraction of sp³-hybridized carbons (Fsp3) is 0.786. The third kappa shape index (κ3) is 2.41. The van der Waals surface area contributed by atoms with Gasteiger partial charge in [-0.25, -0.2) is 0 Å². The molecule has 2 rings (SSSR count). The molecule has 0 saturated carbocycles. The number of carbonyl (C=O) groups excluding carboxylic acids is 1. The topological polar surface area (TPSA) is 35.5 Å². The van der Waals surface area contributed by atoms with E-state index in [2.05, 4.69) is 33.8 Å². The van der Waals surface area contributed by atoms with E-state index in [1.165, 1.54) is 5.47 Å². The van der Waals surface area contributed by atoms with Crippen LogP contribution >= 0.6 is 0 Å². The highest BCUT2D eigenvalue weighted by molar-refractivity contribution is 6.54. The van der Waals surface area contributed by atoms with Crippen molar-refractivity contribution in [1.29, 1.82) is 0 Å². The van der Waals surface area contributed by atoms with Crippen LogP contribution < -0.4 is 0 Å². The molecule has 2 aliphatic rings. The van der Waals surface area contributed by atoms with Crippen molar-refractivity contribution in [3.05, 3.63) is 11.5 Å². The summed E-state index contributed by atoms with van der Waals surface area (Å²) in [5.41, 5.74) is 0.637. The van der Waals surface area contributed by atoms with Gasteiger partial charge in [0, 0.05) is 5.92 Å². The Morgan fingerprint density at radius 1 is 1.28 bits per heavy atom. The summed E-state index contributed by atoms with van der Waals surface area (Å²) >= 11 is 0. The molecule has 1 unspecified atom stereocenters. The van der Waals surface area contributed by atoms with Gasteiger partial charge in [-0.15, -0.1) is 0 Å². The van der Waals surface area contributed by atoms with Crippen molar-refractivity contribution in [1.82, 2.24) is 0 Å².